The van der Waals surface area contributed by atoms with Crippen molar-refractivity contribution in [3.63, 3.8) is 0 Å². The zero-order valence-corrected chi connectivity index (χ0v) is 12.0. The van der Waals surface area contributed by atoms with Crippen molar-refractivity contribution in [2.24, 2.45) is 10.8 Å². The van der Waals surface area contributed by atoms with Gasteiger partial charge in [0.15, 0.2) is 0 Å². The first-order valence-corrected chi connectivity index (χ1v) is 7.47. The number of benzene rings is 1. The van der Waals surface area contributed by atoms with E-state index in [1.807, 2.05) is 12.1 Å². The Bertz CT molecular complexity index is 451. The van der Waals surface area contributed by atoms with Crippen molar-refractivity contribution in [1.82, 2.24) is 5.32 Å². The Labute approximate surface area is 115 Å². The van der Waals surface area contributed by atoms with Crippen LogP contribution in [0.15, 0.2) is 24.3 Å². The molecule has 3 rings (SSSR count). The average molecular weight is 261 g/mol. The summed E-state index contributed by atoms with van der Waals surface area (Å²) >= 11 is 0. The van der Waals surface area contributed by atoms with Gasteiger partial charge in [-0.25, -0.2) is 4.39 Å². The largest absolute Gasteiger partial charge is 0.316 e. The molecule has 2 fully saturated rings. The fourth-order valence-electron chi connectivity index (χ4n) is 4.37. The van der Waals surface area contributed by atoms with Crippen molar-refractivity contribution in [2.75, 3.05) is 13.1 Å². The summed E-state index contributed by atoms with van der Waals surface area (Å²) in [4.78, 5) is 0. The maximum atomic E-state index is 13.1. The van der Waals surface area contributed by atoms with Crippen LogP contribution >= 0.6 is 0 Å². The van der Waals surface area contributed by atoms with Gasteiger partial charge >= 0.3 is 0 Å². The number of hydrogen-bond donors (Lipinski definition) is 1. The second-order valence-electron chi connectivity index (χ2n) is 7.26. The van der Waals surface area contributed by atoms with Crippen molar-refractivity contribution in [3.05, 3.63) is 35.6 Å². The highest BCUT2D eigenvalue weighted by Crippen LogP contribution is 2.58. The molecule has 1 spiro atoms. The van der Waals surface area contributed by atoms with E-state index < -0.39 is 0 Å². The first-order chi connectivity index (χ1) is 9.01. The molecule has 1 N–H and O–H groups in total. The minimum Gasteiger partial charge on any atom is -0.316 e. The molecule has 2 unspecified atom stereocenters. The highest BCUT2D eigenvalue weighted by atomic mass is 19.1. The van der Waals surface area contributed by atoms with Crippen molar-refractivity contribution in [2.45, 2.75) is 45.4 Å². The van der Waals surface area contributed by atoms with Crippen LogP contribution in [0.25, 0.3) is 0 Å². The van der Waals surface area contributed by atoms with Gasteiger partial charge in [-0.15, -0.1) is 0 Å². The molecule has 1 aliphatic heterocycles. The molecule has 1 heterocycles. The van der Waals surface area contributed by atoms with E-state index in [1.54, 1.807) is 12.1 Å². The van der Waals surface area contributed by atoms with Gasteiger partial charge in [-0.05, 0) is 60.8 Å². The molecule has 2 heteroatoms. The Morgan fingerprint density at radius 2 is 1.84 bits per heavy atom. The van der Waals surface area contributed by atoms with Gasteiger partial charge in [0.1, 0.15) is 5.82 Å². The standard InChI is InChI=1S/C17H24FN/c1-16(2)7-8-17(12-16)9-10-19-11-15(17)13-3-5-14(18)6-4-13/h3-6,15,19H,7-12H2,1-2H3. The molecule has 0 aromatic heterocycles. The Kier molecular flexibility index (Phi) is 3.17. The molecule has 1 nitrogen and oxygen atoms in total. The Balaban J connectivity index is 1.91. The lowest BCUT2D eigenvalue weighted by Gasteiger charge is -2.43. The molecular weight excluding hydrogens is 237 g/mol. The summed E-state index contributed by atoms with van der Waals surface area (Å²) in [5.41, 5.74) is 2.22. The van der Waals surface area contributed by atoms with Crippen LogP contribution in [-0.2, 0) is 0 Å². The number of nitrogens with one attached hydrogen (secondary N) is 1. The molecule has 104 valence electrons. The van der Waals surface area contributed by atoms with E-state index in [0.717, 1.165) is 13.1 Å². The number of rotatable bonds is 1. The zero-order chi connectivity index (χ0) is 13.5. The van der Waals surface area contributed by atoms with E-state index in [2.05, 4.69) is 19.2 Å². The molecule has 1 aromatic carbocycles. The molecule has 0 bridgehead atoms. The smallest absolute Gasteiger partial charge is 0.123 e. The van der Waals surface area contributed by atoms with Crippen LogP contribution < -0.4 is 5.32 Å². The Hall–Kier alpha value is -0.890. The summed E-state index contributed by atoms with van der Waals surface area (Å²) in [6.07, 6.45) is 5.22. The predicted octanol–water partition coefficient (Wildman–Crippen LogP) is 4.10. The first kappa shape index (κ1) is 13.1. The number of hydrogen-bond acceptors (Lipinski definition) is 1. The van der Waals surface area contributed by atoms with Gasteiger partial charge in [-0.1, -0.05) is 26.0 Å². The van der Waals surface area contributed by atoms with Crippen LogP contribution in [-0.4, -0.2) is 13.1 Å². The normalized spacial score (nSPS) is 33.7. The third-order valence-corrected chi connectivity index (χ3v) is 5.29. The monoisotopic (exact) mass is 261 g/mol. The predicted molar refractivity (Wildman–Crippen MR) is 76.7 cm³/mol. The number of halogens is 1. The zero-order valence-electron chi connectivity index (χ0n) is 12.0. The third kappa shape index (κ3) is 2.43. The quantitative estimate of drug-likeness (QED) is 0.802. The van der Waals surface area contributed by atoms with E-state index in [4.69, 9.17) is 0 Å². The summed E-state index contributed by atoms with van der Waals surface area (Å²) in [5, 5.41) is 3.53. The van der Waals surface area contributed by atoms with Crippen molar-refractivity contribution in [3.8, 4) is 0 Å². The fourth-order valence-corrected chi connectivity index (χ4v) is 4.37. The van der Waals surface area contributed by atoms with E-state index in [9.17, 15) is 4.39 Å². The van der Waals surface area contributed by atoms with Crippen molar-refractivity contribution < 1.29 is 4.39 Å². The van der Waals surface area contributed by atoms with Gasteiger partial charge in [-0.3, -0.25) is 0 Å². The fraction of sp³-hybridized carbons (Fsp3) is 0.647. The first-order valence-electron chi connectivity index (χ1n) is 7.47. The van der Waals surface area contributed by atoms with Crippen LogP contribution in [0.4, 0.5) is 4.39 Å². The van der Waals surface area contributed by atoms with Crippen LogP contribution in [0.2, 0.25) is 0 Å². The molecule has 0 amide bonds. The highest BCUT2D eigenvalue weighted by Gasteiger charge is 2.49. The van der Waals surface area contributed by atoms with Gasteiger partial charge in [0, 0.05) is 12.5 Å². The van der Waals surface area contributed by atoms with Gasteiger partial charge in [-0.2, -0.15) is 0 Å². The molecule has 2 atom stereocenters. The van der Waals surface area contributed by atoms with E-state index in [1.165, 1.54) is 31.2 Å². The Morgan fingerprint density at radius 3 is 2.47 bits per heavy atom. The van der Waals surface area contributed by atoms with E-state index in [0.29, 0.717) is 16.7 Å². The SMILES string of the molecule is CC1(C)CCC2(CCNCC2c2ccc(F)cc2)C1. The van der Waals surface area contributed by atoms with Crippen LogP contribution in [0.5, 0.6) is 0 Å². The molecule has 0 radical (unpaired) electrons. The lowest BCUT2D eigenvalue weighted by molar-refractivity contribution is 0.151. The topological polar surface area (TPSA) is 12.0 Å². The lowest BCUT2D eigenvalue weighted by Crippen LogP contribution is -2.42. The molecule has 19 heavy (non-hydrogen) atoms. The van der Waals surface area contributed by atoms with Crippen molar-refractivity contribution >= 4 is 0 Å². The van der Waals surface area contributed by atoms with E-state index in [-0.39, 0.29) is 5.82 Å². The Morgan fingerprint density at radius 1 is 1.11 bits per heavy atom. The van der Waals surface area contributed by atoms with Crippen LogP contribution in [0.1, 0.15) is 51.0 Å². The highest BCUT2D eigenvalue weighted by molar-refractivity contribution is 5.25. The second kappa shape index (κ2) is 4.59. The van der Waals surface area contributed by atoms with Gasteiger partial charge in [0.25, 0.3) is 0 Å². The van der Waals surface area contributed by atoms with Crippen molar-refractivity contribution in [1.29, 1.82) is 0 Å². The molecule has 1 saturated carbocycles. The summed E-state index contributed by atoms with van der Waals surface area (Å²) in [5.74, 6) is 0.414. The molecule has 2 aliphatic rings. The second-order valence-corrected chi connectivity index (χ2v) is 7.26. The summed E-state index contributed by atoms with van der Waals surface area (Å²) in [6.45, 7) is 6.96. The number of piperidine rings is 1. The third-order valence-electron chi connectivity index (χ3n) is 5.29. The maximum absolute atomic E-state index is 13.1. The molecular formula is C17H24FN. The van der Waals surface area contributed by atoms with Crippen LogP contribution in [0.3, 0.4) is 0 Å². The molecule has 1 saturated heterocycles. The summed E-state index contributed by atoms with van der Waals surface area (Å²) in [6, 6.07) is 7.19. The summed E-state index contributed by atoms with van der Waals surface area (Å²) in [7, 11) is 0. The lowest BCUT2D eigenvalue weighted by atomic mass is 9.65. The molecule has 1 aromatic rings. The maximum Gasteiger partial charge on any atom is 0.123 e. The van der Waals surface area contributed by atoms with E-state index >= 15 is 0 Å². The van der Waals surface area contributed by atoms with Gasteiger partial charge in [0.05, 0.1) is 0 Å². The average Bonchev–Trinajstić information content (AvgIpc) is 2.67. The van der Waals surface area contributed by atoms with Gasteiger partial charge in [0.2, 0.25) is 0 Å². The minimum absolute atomic E-state index is 0.131. The molecule has 1 aliphatic carbocycles. The minimum atomic E-state index is -0.131. The summed E-state index contributed by atoms with van der Waals surface area (Å²) < 4.78 is 13.1. The van der Waals surface area contributed by atoms with Gasteiger partial charge < -0.3 is 5.32 Å². The van der Waals surface area contributed by atoms with Crippen LogP contribution in [0, 0.1) is 16.6 Å².